The van der Waals surface area contributed by atoms with E-state index in [-0.39, 0.29) is 11.6 Å². The SMILES string of the molecule is Cc1ccc(NC(=O)c2nn(-c3cccc(Cl)c3)nc2C)cc1C. The van der Waals surface area contributed by atoms with E-state index in [0.29, 0.717) is 16.4 Å². The topological polar surface area (TPSA) is 59.8 Å². The molecule has 0 radical (unpaired) electrons. The maximum absolute atomic E-state index is 12.5. The smallest absolute Gasteiger partial charge is 0.278 e. The molecule has 0 fully saturated rings. The molecule has 0 aliphatic rings. The number of anilines is 1. The number of rotatable bonds is 3. The molecule has 0 saturated carbocycles. The zero-order valence-corrected chi connectivity index (χ0v) is 14.4. The first-order chi connectivity index (χ1) is 11.4. The number of carbonyl (C=O) groups is 1. The molecule has 1 aromatic heterocycles. The van der Waals surface area contributed by atoms with Crippen LogP contribution in [0.1, 0.15) is 27.3 Å². The summed E-state index contributed by atoms with van der Waals surface area (Å²) in [6.45, 7) is 5.79. The molecule has 6 heteroatoms. The average Bonchev–Trinajstić information content (AvgIpc) is 2.93. The lowest BCUT2D eigenvalue weighted by Crippen LogP contribution is -2.14. The maximum Gasteiger partial charge on any atom is 0.278 e. The van der Waals surface area contributed by atoms with Gasteiger partial charge < -0.3 is 5.32 Å². The molecule has 24 heavy (non-hydrogen) atoms. The Balaban J connectivity index is 1.86. The molecule has 1 amide bonds. The van der Waals surface area contributed by atoms with Gasteiger partial charge in [-0.3, -0.25) is 4.79 Å². The summed E-state index contributed by atoms with van der Waals surface area (Å²) in [4.78, 5) is 13.9. The Hall–Kier alpha value is -2.66. The number of halogens is 1. The van der Waals surface area contributed by atoms with Crippen molar-refractivity contribution in [1.82, 2.24) is 15.0 Å². The number of aromatic nitrogens is 3. The second kappa shape index (κ2) is 6.45. The minimum absolute atomic E-state index is 0.285. The highest BCUT2D eigenvalue weighted by molar-refractivity contribution is 6.30. The van der Waals surface area contributed by atoms with Gasteiger partial charge in [-0.2, -0.15) is 9.90 Å². The highest BCUT2D eigenvalue weighted by Gasteiger charge is 2.17. The van der Waals surface area contributed by atoms with Crippen molar-refractivity contribution in [3.05, 3.63) is 70.0 Å². The van der Waals surface area contributed by atoms with Crippen molar-refractivity contribution in [2.24, 2.45) is 0 Å². The summed E-state index contributed by atoms with van der Waals surface area (Å²) in [6, 6.07) is 12.9. The second-order valence-electron chi connectivity index (χ2n) is 5.66. The first kappa shape index (κ1) is 16.2. The maximum atomic E-state index is 12.5. The molecule has 5 nitrogen and oxygen atoms in total. The third kappa shape index (κ3) is 3.31. The van der Waals surface area contributed by atoms with Gasteiger partial charge in [-0.05, 0) is 62.2 Å². The Bertz CT molecular complexity index is 917. The standard InChI is InChI=1S/C18H17ClN4O/c1-11-7-8-15(9-12(11)2)20-18(24)17-13(3)21-23(22-17)16-6-4-5-14(19)10-16/h4-10H,1-3H3,(H,20,24). The van der Waals surface area contributed by atoms with E-state index in [1.54, 1.807) is 19.1 Å². The van der Waals surface area contributed by atoms with Crippen LogP contribution in [0.4, 0.5) is 5.69 Å². The zero-order chi connectivity index (χ0) is 17.3. The molecule has 3 rings (SSSR count). The van der Waals surface area contributed by atoms with Crippen molar-refractivity contribution in [1.29, 1.82) is 0 Å². The van der Waals surface area contributed by atoms with Crippen LogP contribution in [0.5, 0.6) is 0 Å². The largest absolute Gasteiger partial charge is 0.321 e. The number of nitrogens with zero attached hydrogens (tertiary/aromatic N) is 3. The summed E-state index contributed by atoms with van der Waals surface area (Å²) in [5.41, 5.74) is 4.57. The molecule has 3 aromatic rings. The number of hydrogen-bond donors (Lipinski definition) is 1. The summed E-state index contributed by atoms with van der Waals surface area (Å²) in [7, 11) is 0. The van der Waals surface area contributed by atoms with Gasteiger partial charge in [-0.15, -0.1) is 5.10 Å². The van der Waals surface area contributed by atoms with Crippen LogP contribution in [0.3, 0.4) is 0 Å². The molecule has 2 aromatic carbocycles. The van der Waals surface area contributed by atoms with Gasteiger partial charge in [-0.1, -0.05) is 23.7 Å². The molecule has 0 saturated heterocycles. The summed E-state index contributed by atoms with van der Waals surface area (Å²) in [6.07, 6.45) is 0. The number of carbonyl (C=O) groups excluding carboxylic acids is 1. The number of hydrogen-bond acceptors (Lipinski definition) is 3. The molecule has 1 heterocycles. The van der Waals surface area contributed by atoms with E-state index in [0.717, 1.165) is 11.3 Å². The fourth-order valence-corrected chi connectivity index (χ4v) is 2.50. The fraction of sp³-hybridized carbons (Fsp3) is 0.167. The Kier molecular flexibility index (Phi) is 4.36. The number of aryl methyl sites for hydroxylation is 3. The van der Waals surface area contributed by atoms with Gasteiger partial charge in [0.15, 0.2) is 5.69 Å². The van der Waals surface area contributed by atoms with E-state index in [1.807, 2.05) is 44.2 Å². The summed E-state index contributed by atoms with van der Waals surface area (Å²) in [5.74, 6) is -0.288. The molecule has 0 aliphatic heterocycles. The van der Waals surface area contributed by atoms with E-state index < -0.39 is 0 Å². The Morgan fingerprint density at radius 3 is 2.54 bits per heavy atom. The summed E-state index contributed by atoms with van der Waals surface area (Å²) >= 11 is 5.99. The molecule has 122 valence electrons. The van der Waals surface area contributed by atoms with Crippen LogP contribution in [0, 0.1) is 20.8 Å². The predicted octanol–water partition coefficient (Wildman–Crippen LogP) is 4.10. The average molecular weight is 341 g/mol. The van der Waals surface area contributed by atoms with Crippen molar-refractivity contribution >= 4 is 23.2 Å². The van der Waals surface area contributed by atoms with Gasteiger partial charge in [0.25, 0.3) is 5.91 Å². The zero-order valence-electron chi connectivity index (χ0n) is 13.7. The molecule has 0 atom stereocenters. The number of nitrogens with one attached hydrogen (secondary N) is 1. The van der Waals surface area contributed by atoms with Crippen molar-refractivity contribution in [2.75, 3.05) is 5.32 Å². The summed E-state index contributed by atoms with van der Waals surface area (Å²) < 4.78 is 0. The minimum Gasteiger partial charge on any atom is -0.321 e. The van der Waals surface area contributed by atoms with Crippen LogP contribution in [0.2, 0.25) is 5.02 Å². The normalized spacial score (nSPS) is 10.7. The van der Waals surface area contributed by atoms with Crippen molar-refractivity contribution in [2.45, 2.75) is 20.8 Å². The summed E-state index contributed by atoms with van der Waals surface area (Å²) in [5, 5.41) is 12.0. The van der Waals surface area contributed by atoms with E-state index in [9.17, 15) is 4.79 Å². The molecule has 0 aliphatic carbocycles. The lowest BCUT2D eigenvalue weighted by atomic mass is 10.1. The van der Waals surface area contributed by atoms with Crippen LogP contribution in [0.15, 0.2) is 42.5 Å². The van der Waals surface area contributed by atoms with Gasteiger partial charge in [0.05, 0.1) is 11.4 Å². The van der Waals surface area contributed by atoms with E-state index in [2.05, 4.69) is 15.5 Å². The molecule has 0 unspecified atom stereocenters. The molecule has 1 N–H and O–H groups in total. The molecule has 0 spiro atoms. The van der Waals surface area contributed by atoms with Gasteiger partial charge in [0.2, 0.25) is 0 Å². The van der Waals surface area contributed by atoms with Gasteiger partial charge >= 0.3 is 0 Å². The number of amides is 1. The van der Waals surface area contributed by atoms with Crippen LogP contribution in [-0.4, -0.2) is 20.9 Å². The first-order valence-electron chi connectivity index (χ1n) is 7.52. The van der Waals surface area contributed by atoms with Crippen LogP contribution in [0.25, 0.3) is 5.69 Å². The van der Waals surface area contributed by atoms with Crippen LogP contribution >= 0.6 is 11.6 Å². The monoisotopic (exact) mass is 340 g/mol. The lowest BCUT2D eigenvalue weighted by molar-refractivity contribution is 0.102. The van der Waals surface area contributed by atoms with Gasteiger partial charge in [0.1, 0.15) is 0 Å². The van der Waals surface area contributed by atoms with E-state index in [4.69, 9.17) is 11.6 Å². The Morgan fingerprint density at radius 2 is 1.83 bits per heavy atom. The minimum atomic E-state index is -0.288. The highest BCUT2D eigenvalue weighted by Crippen LogP contribution is 2.17. The molecular formula is C18H17ClN4O. The van der Waals surface area contributed by atoms with Crippen molar-refractivity contribution in [3.8, 4) is 5.69 Å². The molecule has 0 bridgehead atoms. The second-order valence-corrected chi connectivity index (χ2v) is 6.09. The fourth-order valence-electron chi connectivity index (χ4n) is 2.31. The quantitative estimate of drug-likeness (QED) is 0.781. The first-order valence-corrected chi connectivity index (χ1v) is 7.90. The third-order valence-electron chi connectivity index (χ3n) is 3.80. The Morgan fingerprint density at radius 1 is 1.04 bits per heavy atom. The van der Waals surface area contributed by atoms with Gasteiger partial charge in [0, 0.05) is 10.7 Å². The van der Waals surface area contributed by atoms with Crippen molar-refractivity contribution in [3.63, 3.8) is 0 Å². The molecular weight excluding hydrogens is 324 g/mol. The lowest BCUT2D eigenvalue weighted by Gasteiger charge is -2.06. The van der Waals surface area contributed by atoms with E-state index in [1.165, 1.54) is 10.4 Å². The van der Waals surface area contributed by atoms with Gasteiger partial charge in [-0.25, -0.2) is 0 Å². The van der Waals surface area contributed by atoms with Crippen LogP contribution in [-0.2, 0) is 0 Å². The predicted molar refractivity (Wildman–Crippen MR) is 95.0 cm³/mol. The van der Waals surface area contributed by atoms with Crippen LogP contribution < -0.4 is 5.32 Å². The highest BCUT2D eigenvalue weighted by atomic mass is 35.5. The number of benzene rings is 2. The third-order valence-corrected chi connectivity index (χ3v) is 4.04. The van der Waals surface area contributed by atoms with E-state index >= 15 is 0 Å². The Labute approximate surface area is 145 Å². The van der Waals surface area contributed by atoms with Crippen molar-refractivity contribution < 1.29 is 4.79 Å².